The molecule has 4 nitrogen and oxygen atoms in total. The fourth-order valence-electron chi connectivity index (χ4n) is 1.26. The van der Waals surface area contributed by atoms with Crippen LogP contribution >= 0.6 is 0 Å². The Balaban J connectivity index is 2.66. The highest BCUT2D eigenvalue weighted by Gasteiger charge is 2.19. The average Bonchev–Trinajstić information content (AvgIpc) is 2.28. The number of aliphatic hydroxyl groups is 1. The van der Waals surface area contributed by atoms with Crippen molar-refractivity contribution in [2.75, 3.05) is 20.3 Å². The molecule has 3 N–H and O–H groups in total. The SMILES string of the molecule is COCC(N)C(CO)Oc1ccccc1F. The summed E-state index contributed by atoms with van der Waals surface area (Å²) >= 11 is 0. The van der Waals surface area contributed by atoms with E-state index in [4.69, 9.17) is 20.3 Å². The Morgan fingerprint density at radius 1 is 1.44 bits per heavy atom. The van der Waals surface area contributed by atoms with Crippen molar-refractivity contribution in [1.82, 2.24) is 0 Å². The Kier molecular flexibility index (Phi) is 5.18. The molecule has 1 rings (SSSR count). The molecular formula is C11H16FNO3. The van der Waals surface area contributed by atoms with Gasteiger partial charge >= 0.3 is 0 Å². The summed E-state index contributed by atoms with van der Waals surface area (Å²) in [6, 6.07) is 5.47. The first kappa shape index (κ1) is 12.9. The van der Waals surface area contributed by atoms with E-state index in [1.807, 2.05) is 0 Å². The van der Waals surface area contributed by atoms with E-state index in [1.54, 1.807) is 12.1 Å². The number of ether oxygens (including phenoxy) is 2. The van der Waals surface area contributed by atoms with Crippen molar-refractivity contribution in [3.8, 4) is 5.75 Å². The van der Waals surface area contributed by atoms with Crippen molar-refractivity contribution in [3.63, 3.8) is 0 Å². The van der Waals surface area contributed by atoms with Crippen LogP contribution in [0.5, 0.6) is 5.75 Å². The van der Waals surface area contributed by atoms with Crippen LogP contribution in [0, 0.1) is 5.82 Å². The summed E-state index contributed by atoms with van der Waals surface area (Å²) in [4.78, 5) is 0. The highest BCUT2D eigenvalue weighted by molar-refractivity contribution is 5.24. The second-order valence-electron chi connectivity index (χ2n) is 3.39. The molecule has 0 fully saturated rings. The van der Waals surface area contributed by atoms with Gasteiger partial charge in [-0.1, -0.05) is 12.1 Å². The number of rotatable bonds is 6. The van der Waals surface area contributed by atoms with E-state index < -0.39 is 18.0 Å². The summed E-state index contributed by atoms with van der Waals surface area (Å²) in [6.45, 7) is -0.0570. The van der Waals surface area contributed by atoms with E-state index in [0.29, 0.717) is 0 Å². The van der Waals surface area contributed by atoms with Gasteiger partial charge in [0.2, 0.25) is 0 Å². The lowest BCUT2D eigenvalue weighted by Gasteiger charge is -2.22. The van der Waals surface area contributed by atoms with Gasteiger partial charge in [-0.05, 0) is 12.1 Å². The van der Waals surface area contributed by atoms with Crippen molar-refractivity contribution in [2.45, 2.75) is 12.1 Å². The molecule has 1 aromatic rings. The lowest BCUT2D eigenvalue weighted by atomic mass is 10.2. The molecule has 0 aliphatic rings. The second-order valence-corrected chi connectivity index (χ2v) is 3.39. The van der Waals surface area contributed by atoms with Crippen LogP contribution in [0.25, 0.3) is 0 Å². The van der Waals surface area contributed by atoms with Crippen molar-refractivity contribution in [3.05, 3.63) is 30.1 Å². The lowest BCUT2D eigenvalue weighted by Crippen LogP contribution is -2.44. The molecule has 0 spiro atoms. The van der Waals surface area contributed by atoms with Crippen LogP contribution < -0.4 is 10.5 Å². The zero-order valence-electron chi connectivity index (χ0n) is 9.10. The van der Waals surface area contributed by atoms with E-state index in [-0.39, 0.29) is 19.0 Å². The van der Waals surface area contributed by atoms with Crippen LogP contribution in [-0.4, -0.2) is 37.6 Å². The minimum Gasteiger partial charge on any atom is -0.483 e. The first-order valence-electron chi connectivity index (χ1n) is 4.95. The summed E-state index contributed by atoms with van der Waals surface area (Å²) in [7, 11) is 1.50. The number of nitrogens with two attached hydrogens (primary N) is 1. The smallest absolute Gasteiger partial charge is 0.165 e. The molecular weight excluding hydrogens is 213 g/mol. The average molecular weight is 229 g/mol. The molecule has 2 unspecified atom stereocenters. The topological polar surface area (TPSA) is 64.7 Å². The number of hydrogen-bond donors (Lipinski definition) is 2. The summed E-state index contributed by atoms with van der Waals surface area (Å²) in [5.74, 6) is -0.404. The number of methoxy groups -OCH3 is 1. The third-order valence-electron chi connectivity index (χ3n) is 2.13. The van der Waals surface area contributed by atoms with Gasteiger partial charge in [-0.3, -0.25) is 0 Å². The molecule has 0 radical (unpaired) electrons. The van der Waals surface area contributed by atoms with Crippen molar-refractivity contribution >= 4 is 0 Å². The molecule has 0 aromatic heterocycles. The van der Waals surface area contributed by atoms with E-state index in [9.17, 15) is 4.39 Å². The number of halogens is 1. The quantitative estimate of drug-likeness (QED) is 0.747. The molecule has 0 aliphatic heterocycles. The van der Waals surface area contributed by atoms with Crippen LogP contribution in [0.3, 0.4) is 0 Å². The van der Waals surface area contributed by atoms with E-state index in [2.05, 4.69) is 0 Å². The normalized spacial score (nSPS) is 14.5. The highest BCUT2D eigenvalue weighted by Crippen LogP contribution is 2.17. The first-order chi connectivity index (χ1) is 7.69. The van der Waals surface area contributed by atoms with Crippen molar-refractivity contribution in [1.29, 1.82) is 0 Å². The molecule has 1 aromatic carbocycles. The maximum atomic E-state index is 13.3. The lowest BCUT2D eigenvalue weighted by molar-refractivity contribution is 0.0580. The molecule has 0 saturated heterocycles. The Labute approximate surface area is 93.8 Å². The summed E-state index contributed by atoms with van der Waals surface area (Å²) in [5.41, 5.74) is 5.70. The van der Waals surface area contributed by atoms with Gasteiger partial charge in [0.1, 0.15) is 6.10 Å². The Bertz CT molecular complexity index is 322. The minimum absolute atomic E-state index is 0.0769. The van der Waals surface area contributed by atoms with Gasteiger partial charge < -0.3 is 20.3 Å². The number of hydrogen-bond acceptors (Lipinski definition) is 4. The molecule has 0 amide bonds. The zero-order chi connectivity index (χ0) is 12.0. The fraction of sp³-hybridized carbons (Fsp3) is 0.455. The summed E-state index contributed by atoms with van der Waals surface area (Å²) in [6.07, 6.45) is -0.683. The molecule has 0 heterocycles. The van der Waals surface area contributed by atoms with Crippen molar-refractivity contribution < 1.29 is 19.0 Å². The third kappa shape index (κ3) is 3.44. The fourth-order valence-corrected chi connectivity index (χ4v) is 1.26. The molecule has 90 valence electrons. The molecule has 0 saturated carbocycles. The Morgan fingerprint density at radius 2 is 2.12 bits per heavy atom. The number of benzene rings is 1. The highest BCUT2D eigenvalue weighted by atomic mass is 19.1. The van der Waals surface area contributed by atoms with Gasteiger partial charge in [-0.15, -0.1) is 0 Å². The van der Waals surface area contributed by atoms with Crippen LogP contribution in [0.4, 0.5) is 4.39 Å². The molecule has 16 heavy (non-hydrogen) atoms. The van der Waals surface area contributed by atoms with Gasteiger partial charge in [-0.2, -0.15) is 0 Å². The zero-order valence-corrected chi connectivity index (χ0v) is 9.10. The van der Waals surface area contributed by atoms with E-state index in [0.717, 1.165) is 0 Å². The van der Waals surface area contributed by atoms with Gasteiger partial charge in [0.15, 0.2) is 11.6 Å². The number of aliphatic hydroxyl groups excluding tert-OH is 1. The molecule has 5 heteroatoms. The predicted molar refractivity (Wildman–Crippen MR) is 57.8 cm³/mol. The Hall–Kier alpha value is -1.17. The monoisotopic (exact) mass is 229 g/mol. The Morgan fingerprint density at radius 3 is 2.69 bits per heavy atom. The minimum atomic E-state index is -0.683. The summed E-state index contributed by atoms with van der Waals surface area (Å²) < 4.78 is 23.4. The van der Waals surface area contributed by atoms with Gasteiger partial charge in [0.05, 0.1) is 19.3 Å². The van der Waals surface area contributed by atoms with Gasteiger partial charge in [-0.25, -0.2) is 4.39 Å². The van der Waals surface area contributed by atoms with E-state index >= 15 is 0 Å². The van der Waals surface area contributed by atoms with Crippen LogP contribution in [-0.2, 0) is 4.74 Å². The first-order valence-corrected chi connectivity index (χ1v) is 4.95. The maximum Gasteiger partial charge on any atom is 0.165 e. The second kappa shape index (κ2) is 6.42. The van der Waals surface area contributed by atoms with Crippen LogP contribution in [0.15, 0.2) is 24.3 Å². The molecule has 2 atom stereocenters. The third-order valence-corrected chi connectivity index (χ3v) is 2.13. The van der Waals surface area contributed by atoms with Crippen LogP contribution in [0.1, 0.15) is 0 Å². The number of para-hydroxylation sites is 1. The van der Waals surface area contributed by atoms with Crippen molar-refractivity contribution in [2.24, 2.45) is 5.73 Å². The van der Waals surface area contributed by atoms with E-state index in [1.165, 1.54) is 19.2 Å². The molecule has 0 aliphatic carbocycles. The maximum absolute atomic E-state index is 13.3. The van der Waals surface area contributed by atoms with Gasteiger partial charge in [0, 0.05) is 7.11 Å². The molecule has 0 bridgehead atoms. The standard InChI is InChI=1S/C11H16FNO3/c1-15-7-9(13)11(6-14)16-10-5-3-2-4-8(10)12/h2-5,9,11,14H,6-7,13H2,1H3. The predicted octanol–water partition coefficient (Wildman–Crippen LogP) is 0.539. The van der Waals surface area contributed by atoms with Crippen LogP contribution in [0.2, 0.25) is 0 Å². The summed E-state index contributed by atoms with van der Waals surface area (Å²) in [5, 5.41) is 9.09. The van der Waals surface area contributed by atoms with Gasteiger partial charge in [0.25, 0.3) is 0 Å². The largest absolute Gasteiger partial charge is 0.483 e.